The lowest BCUT2D eigenvalue weighted by atomic mass is 10.1. The third kappa shape index (κ3) is 2.79. The molecule has 1 aromatic rings. The van der Waals surface area contributed by atoms with Crippen LogP contribution in [0, 0.1) is 12.8 Å². The minimum absolute atomic E-state index is 0.00606. The molecule has 3 nitrogen and oxygen atoms in total. The zero-order valence-electron chi connectivity index (χ0n) is 9.82. The second kappa shape index (κ2) is 5.07. The Hall–Kier alpha value is -1.06. The van der Waals surface area contributed by atoms with Crippen LogP contribution in [0.1, 0.15) is 22.3 Å². The molecule has 17 heavy (non-hydrogen) atoms. The summed E-state index contributed by atoms with van der Waals surface area (Å²) in [5, 5.41) is 9.65. The SMILES string of the molecule is Cc1cc(Cl)cc(C(=O)N2CCC(CO)C2)c1. The normalized spacial score (nSPS) is 19.7. The number of benzene rings is 1. The van der Waals surface area contributed by atoms with E-state index in [-0.39, 0.29) is 18.4 Å². The Morgan fingerprint density at radius 2 is 2.29 bits per heavy atom. The van der Waals surface area contributed by atoms with Gasteiger partial charge in [-0.25, -0.2) is 0 Å². The van der Waals surface area contributed by atoms with E-state index in [0.29, 0.717) is 17.1 Å². The van der Waals surface area contributed by atoms with E-state index in [0.717, 1.165) is 18.5 Å². The van der Waals surface area contributed by atoms with E-state index in [1.807, 2.05) is 19.1 Å². The Balaban J connectivity index is 2.14. The summed E-state index contributed by atoms with van der Waals surface area (Å²) in [5.41, 5.74) is 1.62. The zero-order chi connectivity index (χ0) is 12.4. The van der Waals surface area contributed by atoms with Gasteiger partial charge < -0.3 is 10.0 Å². The van der Waals surface area contributed by atoms with Crippen LogP contribution in [0.25, 0.3) is 0 Å². The van der Waals surface area contributed by atoms with Crippen LogP contribution >= 0.6 is 11.6 Å². The lowest BCUT2D eigenvalue weighted by Crippen LogP contribution is -2.29. The van der Waals surface area contributed by atoms with Gasteiger partial charge in [0.25, 0.3) is 5.91 Å². The highest BCUT2D eigenvalue weighted by molar-refractivity contribution is 6.31. The van der Waals surface area contributed by atoms with E-state index in [4.69, 9.17) is 16.7 Å². The number of amides is 1. The Morgan fingerprint density at radius 1 is 1.53 bits per heavy atom. The molecule has 0 spiro atoms. The summed E-state index contributed by atoms with van der Waals surface area (Å²) in [6, 6.07) is 5.38. The van der Waals surface area contributed by atoms with Crippen LogP contribution in [-0.2, 0) is 0 Å². The molecule has 4 heteroatoms. The number of hydrogen-bond acceptors (Lipinski definition) is 2. The van der Waals surface area contributed by atoms with Gasteiger partial charge in [-0.15, -0.1) is 0 Å². The molecule has 0 radical (unpaired) electrons. The number of aryl methyl sites for hydroxylation is 1. The molecule has 1 aliphatic heterocycles. The zero-order valence-corrected chi connectivity index (χ0v) is 10.6. The average molecular weight is 254 g/mol. The number of nitrogens with zero attached hydrogens (tertiary/aromatic N) is 1. The molecule has 1 unspecified atom stereocenters. The summed E-state index contributed by atoms with van der Waals surface area (Å²) in [6.45, 7) is 3.43. The second-order valence-corrected chi connectivity index (χ2v) is 5.04. The van der Waals surface area contributed by atoms with Crippen LogP contribution in [0.3, 0.4) is 0 Å². The number of carbonyl (C=O) groups excluding carboxylic acids is 1. The van der Waals surface area contributed by atoms with E-state index in [1.165, 1.54) is 0 Å². The van der Waals surface area contributed by atoms with Crippen LogP contribution in [-0.4, -0.2) is 35.6 Å². The smallest absolute Gasteiger partial charge is 0.253 e. The molecule has 0 saturated carbocycles. The lowest BCUT2D eigenvalue weighted by Gasteiger charge is -2.16. The van der Waals surface area contributed by atoms with Crippen LogP contribution in [0.15, 0.2) is 18.2 Å². The number of aliphatic hydroxyl groups excluding tert-OH is 1. The summed E-state index contributed by atoms with van der Waals surface area (Å²) in [4.78, 5) is 14.0. The third-order valence-corrected chi connectivity index (χ3v) is 3.34. The maximum absolute atomic E-state index is 12.2. The lowest BCUT2D eigenvalue weighted by molar-refractivity contribution is 0.0782. The van der Waals surface area contributed by atoms with Crippen molar-refractivity contribution in [3.8, 4) is 0 Å². The molecule has 1 aromatic carbocycles. The van der Waals surface area contributed by atoms with Crippen molar-refractivity contribution in [1.29, 1.82) is 0 Å². The van der Waals surface area contributed by atoms with Crippen molar-refractivity contribution in [2.75, 3.05) is 19.7 Å². The molecule has 1 atom stereocenters. The van der Waals surface area contributed by atoms with E-state index in [1.54, 1.807) is 11.0 Å². The van der Waals surface area contributed by atoms with Crippen LogP contribution < -0.4 is 0 Å². The van der Waals surface area contributed by atoms with Gasteiger partial charge >= 0.3 is 0 Å². The van der Waals surface area contributed by atoms with Crippen molar-refractivity contribution in [2.45, 2.75) is 13.3 Å². The van der Waals surface area contributed by atoms with Gasteiger partial charge in [-0.05, 0) is 37.1 Å². The van der Waals surface area contributed by atoms with Gasteiger partial charge in [0.05, 0.1) is 0 Å². The summed E-state index contributed by atoms with van der Waals surface area (Å²) >= 11 is 5.95. The Morgan fingerprint density at radius 3 is 2.88 bits per heavy atom. The average Bonchev–Trinajstić information content (AvgIpc) is 2.75. The summed E-state index contributed by atoms with van der Waals surface area (Å²) in [6.07, 6.45) is 0.877. The van der Waals surface area contributed by atoms with E-state index >= 15 is 0 Å². The van der Waals surface area contributed by atoms with Crippen molar-refractivity contribution >= 4 is 17.5 Å². The minimum atomic E-state index is 0.00606. The molecule has 1 N–H and O–H groups in total. The van der Waals surface area contributed by atoms with Gasteiger partial charge in [0.2, 0.25) is 0 Å². The number of carbonyl (C=O) groups is 1. The first kappa shape index (κ1) is 12.4. The molecule has 0 aliphatic carbocycles. The fourth-order valence-electron chi connectivity index (χ4n) is 2.21. The maximum atomic E-state index is 12.2. The van der Waals surface area contributed by atoms with Crippen molar-refractivity contribution in [3.05, 3.63) is 34.3 Å². The first-order chi connectivity index (χ1) is 8.10. The van der Waals surface area contributed by atoms with Crippen molar-refractivity contribution in [2.24, 2.45) is 5.92 Å². The number of rotatable bonds is 2. The summed E-state index contributed by atoms with van der Waals surface area (Å²) in [7, 11) is 0. The number of halogens is 1. The van der Waals surface area contributed by atoms with E-state index in [9.17, 15) is 4.79 Å². The Kier molecular flexibility index (Phi) is 3.69. The van der Waals surface area contributed by atoms with E-state index < -0.39 is 0 Å². The van der Waals surface area contributed by atoms with Gasteiger partial charge in [-0.3, -0.25) is 4.79 Å². The highest BCUT2D eigenvalue weighted by Gasteiger charge is 2.26. The Labute approximate surface area is 106 Å². The first-order valence-electron chi connectivity index (χ1n) is 5.77. The second-order valence-electron chi connectivity index (χ2n) is 4.61. The highest BCUT2D eigenvalue weighted by Crippen LogP contribution is 2.21. The summed E-state index contributed by atoms with van der Waals surface area (Å²) < 4.78 is 0. The molecule has 1 heterocycles. The Bertz CT molecular complexity index is 413. The fourth-order valence-corrected chi connectivity index (χ4v) is 2.50. The molecular weight excluding hydrogens is 238 g/mol. The molecule has 0 aromatic heterocycles. The maximum Gasteiger partial charge on any atom is 0.253 e. The largest absolute Gasteiger partial charge is 0.396 e. The third-order valence-electron chi connectivity index (χ3n) is 3.12. The van der Waals surface area contributed by atoms with Gasteiger partial charge in [0, 0.05) is 36.2 Å². The van der Waals surface area contributed by atoms with Crippen molar-refractivity contribution in [1.82, 2.24) is 4.90 Å². The summed E-state index contributed by atoms with van der Waals surface area (Å²) in [5.74, 6) is 0.228. The standard InChI is InChI=1S/C13H16ClNO2/c1-9-4-11(6-12(14)5-9)13(17)15-3-2-10(7-15)8-16/h4-6,10,16H,2-3,7-8H2,1H3. The molecule has 2 rings (SSSR count). The highest BCUT2D eigenvalue weighted by atomic mass is 35.5. The number of likely N-dealkylation sites (tertiary alicyclic amines) is 1. The first-order valence-corrected chi connectivity index (χ1v) is 6.15. The van der Waals surface area contributed by atoms with Crippen LogP contribution in [0.2, 0.25) is 5.02 Å². The van der Waals surface area contributed by atoms with Gasteiger partial charge in [0.15, 0.2) is 0 Å². The molecule has 1 saturated heterocycles. The number of hydrogen-bond donors (Lipinski definition) is 1. The number of aliphatic hydroxyl groups is 1. The molecule has 0 bridgehead atoms. The molecule has 1 aliphatic rings. The predicted molar refractivity (Wildman–Crippen MR) is 67.3 cm³/mol. The van der Waals surface area contributed by atoms with Crippen LogP contribution in [0.4, 0.5) is 0 Å². The molecule has 1 amide bonds. The molecular formula is C13H16ClNO2. The van der Waals surface area contributed by atoms with Crippen molar-refractivity contribution in [3.63, 3.8) is 0 Å². The van der Waals surface area contributed by atoms with Gasteiger partial charge in [-0.2, -0.15) is 0 Å². The van der Waals surface area contributed by atoms with Crippen molar-refractivity contribution < 1.29 is 9.90 Å². The molecule has 1 fully saturated rings. The molecule has 92 valence electrons. The van der Waals surface area contributed by atoms with Crippen LogP contribution in [0.5, 0.6) is 0 Å². The minimum Gasteiger partial charge on any atom is -0.396 e. The monoisotopic (exact) mass is 253 g/mol. The van der Waals surface area contributed by atoms with Gasteiger partial charge in [0.1, 0.15) is 0 Å². The topological polar surface area (TPSA) is 40.5 Å². The predicted octanol–water partition coefficient (Wildman–Crippen LogP) is 2.10. The fraction of sp³-hybridized carbons (Fsp3) is 0.462. The van der Waals surface area contributed by atoms with E-state index in [2.05, 4.69) is 0 Å². The van der Waals surface area contributed by atoms with Gasteiger partial charge in [-0.1, -0.05) is 11.6 Å². The quantitative estimate of drug-likeness (QED) is 0.877.